The quantitative estimate of drug-likeness (QED) is 0.744. The Bertz CT molecular complexity index is 722. The van der Waals surface area contributed by atoms with Crippen LogP contribution in [0, 0.1) is 0 Å². The minimum Gasteiger partial charge on any atom is -0.439 e. The van der Waals surface area contributed by atoms with Gasteiger partial charge in [-0.15, -0.1) is 0 Å². The van der Waals surface area contributed by atoms with Gasteiger partial charge in [-0.1, -0.05) is 35.3 Å². The van der Waals surface area contributed by atoms with Crippen LogP contribution in [0.15, 0.2) is 29.2 Å². The lowest BCUT2D eigenvalue weighted by Gasteiger charge is -2.20. The molecule has 2 atom stereocenters. The second-order valence-corrected chi connectivity index (χ2v) is 7.99. The zero-order chi connectivity index (χ0) is 17.4. The standard InChI is InChI=1S/C13H12Cl2FNO5S/c1-23(20,21)8-4-2-7(3-5-8)10-9(6-16)17(13(19)22-10)12(18)11(14)15/h2-5,9-11H,6H2,1H3. The molecule has 0 spiro atoms. The highest BCUT2D eigenvalue weighted by molar-refractivity contribution is 7.90. The van der Waals surface area contributed by atoms with Crippen molar-refractivity contribution in [3.05, 3.63) is 29.8 Å². The molecule has 6 nitrogen and oxygen atoms in total. The highest BCUT2D eigenvalue weighted by atomic mass is 35.5. The van der Waals surface area contributed by atoms with Gasteiger partial charge in [0.1, 0.15) is 12.7 Å². The second kappa shape index (κ2) is 6.62. The average Bonchev–Trinajstić information content (AvgIpc) is 2.82. The molecule has 1 fully saturated rings. The van der Waals surface area contributed by atoms with E-state index in [2.05, 4.69) is 0 Å². The SMILES string of the molecule is CS(=O)(=O)c1ccc(C2OC(=O)N(C(=O)C(Cl)Cl)C2CF)cc1. The number of ether oxygens (including phenoxy) is 1. The third kappa shape index (κ3) is 3.59. The van der Waals surface area contributed by atoms with E-state index in [1.807, 2.05) is 0 Å². The summed E-state index contributed by atoms with van der Waals surface area (Å²) in [5.41, 5.74) is 0.351. The van der Waals surface area contributed by atoms with Crippen LogP contribution >= 0.6 is 23.2 Å². The molecule has 1 heterocycles. The molecule has 2 rings (SSSR count). The van der Waals surface area contributed by atoms with E-state index in [0.717, 1.165) is 6.26 Å². The van der Waals surface area contributed by atoms with Gasteiger partial charge in [-0.3, -0.25) is 4.79 Å². The topological polar surface area (TPSA) is 80.8 Å². The van der Waals surface area contributed by atoms with Crippen molar-refractivity contribution in [1.82, 2.24) is 4.90 Å². The Morgan fingerprint density at radius 2 is 1.91 bits per heavy atom. The van der Waals surface area contributed by atoms with E-state index >= 15 is 0 Å². The largest absolute Gasteiger partial charge is 0.439 e. The molecular formula is C13H12Cl2FNO5S. The summed E-state index contributed by atoms with van der Waals surface area (Å²) < 4.78 is 41.2. The fourth-order valence-corrected chi connectivity index (χ4v) is 3.06. The van der Waals surface area contributed by atoms with Crippen molar-refractivity contribution >= 4 is 45.0 Å². The van der Waals surface area contributed by atoms with Crippen LogP contribution in [0.5, 0.6) is 0 Å². The zero-order valence-corrected chi connectivity index (χ0v) is 14.1. The molecule has 10 heteroatoms. The number of cyclic esters (lactones) is 1. The molecule has 1 saturated heterocycles. The number of alkyl halides is 3. The van der Waals surface area contributed by atoms with Crippen LogP contribution in [-0.4, -0.2) is 49.1 Å². The molecule has 0 radical (unpaired) electrons. The third-order valence-corrected chi connectivity index (χ3v) is 4.83. The Hall–Kier alpha value is -1.38. The molecule has 1 aromatic carbocycles. The summed E-state index contributed by atoms with van der Waals surface area (Å²) in [6, 6.07) is 4.18. The number of benzene rings is 1. The first-order chi connectivity index (χ1) is 10.7. The first kappa shape index (κ1) is 18.0. The average molecular weight is 384 g/mol. The molecular weight excluding hydrogens is 372 g/mol. The molecule has 1 aromatic rings. The van der Waals surface area contributed by atoms with E-state index in [-0.39, 0.29) is 4.90 Å². The van der Waals surface area contributed by atoms with Gasteiger partial charge in [-0.2, -0.15) is 0 Å². The summed E-state index contributed by atoms with van der Waals surface area (Å²) >= 11 is 10.9. The summed E-state index contributed by atoms with van der Waals surface area (Å²) in [6.07, 6.45) is -1.08. The van der Waals surface area contributed by atoms with Gasteiger partial charge in [0.05, 0.1) is 4.90 Å². The minimum atomic E-state index is -3.39. The molecule has 1 aliphatic heterocycles. The fourth-order valence-electron chi connectivity index (χ4n) is 2.22. The van der Waals surface area contributed by atoms with E-state index < -0.39 is 45.5 Å². The zero-order valence-electron chi connectivity index (χ0n) is 11.8. The Kier molecular flexibility index (Phi) is 5.17. The minimum absolute atomic E-state index is 0.0666. The summed E-state index contributed by atoms with van der Waals surface area (Å²) in [4.78, 5) is 22.7. The number of hydrogen-bond acceptors (Lipinski definition) is 5. The predicted molar refractivity (Wildman–Crippen MR) is 80.9 cm³/mol. The Balaban J connectivity index is 2.33. The van der Waals surface area contributed by atoms with Gasteiger partial charge in [0.15, 0.2) is 20.8 Å². The fraction of sp³-hybridized carbons (Fsp3) is 0.385. The molecule has 23 heavy (non-hydrogen) atoms. The van der Waals surface area contributed by atoms with Crippen LogP contribution in [0.25, 0.3) is 0 Å². The number of carbonyl (C=O) groups excluding carboxylic acids is 2. The predicted octanol–water partition coefficient (Wildman–Crippen LogP) is 2.25. The normalized spacial score (nSPS) is 21.6. The van der Waals surface area contributed by atoms with Gasteiger partial charge in [-0.05, 0) is 17.7 Å². The van der Waals surface area contributed by atoms with Crippen LogP contribution in [0.1, 0.15) is 11.7 Å². The lowest BCUT2D eigenvalue weighted by atomic mass is 10.0. The molecule has 2 amide bonds. The lowest BCUT2D eigenvalue weighted by molar-refractivity contribution is -0.127. The highest BCUT2D eigenvalue weighted by Gasteiger charge is 2.47. The molecule has 2 unspecified atom stereocenters. The number of halogens is 3. The first-order valence-corrected chi connectivity index (χ1v) is 9.11. The van der Waals surface area contributed by atoms with Gasteiger partial charge in [-0.25, -0.2) is 22.5 Å². The third-order valence-electron chi connectivity index (χ3n) is 3.32. The number of hydrogen-bond donors (Lipinski definition) is 0. The Morgan fingerprint density at radius 1 is 1.35 bits per heavy atom. The van der Waals surface area contributed by atoms with E-state index in [4.69, 9.17) is 27.9 Å². The van der Waals surface area contributed by atoms with E-state index in [0.29, 0.717) is 10.5 Å². The number of nitrogens with zero attached hydrogens (tertiary/aromatic N) is 1. The van der Waals surface area contributed by atoms with Crippen molar-refractivity contribution in [2.45, 2.75) is 21.9 Å². The lowest BCUT2D eigenvalue weighted by Crippen LogP contribution is -2.43. The smallest absolute Gasteiger partial charge is 0.417 e. The molecule has 0 saturated carbocycles. The van der Waals surface area contributed by atoms with Crippen LogP contribution in [0.3, 0.4) is 0 Å². The monoisotopic (exact) mass is 383 g/mol. The van der Waals surface area contributed by atoms with Gasteiger partial charge in [0.25, 0.3) is 5.91 Å². The van der Waals surface area contributed by atoms with Crippen molar-refractivity contribution in [3.63, 3.8) is 0 Å². The second-order valence-electron chi connectivity index (χ2n) is 4.88. The molecule has 0 bridgehead atoms. The first-order valence-electron chi connectivity index (χ1n) is 6.34. The number of sulfone groups is 1. The number of imide groups is 1. The molecule has 126 valence electrons. The Morgan fingerprint density at radius 3 is 2.35 bits per heavy atom. The summed E-state index contributed by atoms with van der Waals surface area (Å²) in [5, 5.41) is 0. The van der Waals surface area contributed by atoms with Crippen molar-refractivity contribution in [3.8, 4) is 0 Å². The van der Waals surface area contributed by atoms with Crippen LogP contribution in [0.2, 0.25) is 0 Å². The highest BCUT2D eigenvalue weighted by Crippen LogP contribution is 2.34. The maximum absolute atomic E-state index is 13.3. The van der Waals surface area contributed by atoms with Gasteiger partial charge < -0.3 is 4.74 Å². The van der Waals surface area contributed by atoms with Gasteiger partial charge >= 0.3 is 6.09 Å². The van der Waals surface area contributed by atoms with E-state index in [1.54, 1.807) is 0 Å². The summed E-state index contributed by atoms with van der Waals surface area (Å²) in [6.45, 7) is -1.06. The van der Waals surface area contributed by atoms with Gasteiger partial charge in [0, 0.05) is 6.26 Å². The molecule has 1 aliphatic rings. The van der Waals surface area contributed by atoms with Crippen LogP contribution < -0.4 is 0 Å². The van der Waals surface area contributed by atoms with E-state index in [9.17, 15) is 22.4 Å². The molecule has 0 aliphatic carbocycles. The number of rotatable bonds is 4. The van der Waals surface area contributed by atoms with Crippen LogP contribution in [-0.2, 0) is 19.4 Å². The van der Waals surface area contributed by atoms with Gasteiger partial charge in [0.2, 0.25) is 0 Å². The number of amides is 2. The maximum Gasteiger partial charge on any atom is 0.417 e. The van der Waals surface area contributed by atoms with Crippen LogP contribution in [0.4, 0.5) is 9.18 Å². The van der Waals surface area contributed by atoms with E-state index in [1.165, 1.54) is 24.3 Å². The van der Waals surface area contributed by atoms with Crippen molar-refractivity contribution in [1.29, 1.82) is 0 Å². The molecule has 0 N–H and O–H groups in total. The molecule has 0 aromatic heterocycles. The van der Waals surface area contributed by atoms with Crippen molar-refractivity contribution in [2.24, 2.45) is 0 Å². The summed E-state index contributed by atoms with van der Waals surface area (Å²) in [7, 11) is -3.39. The van der Waals surface area contributed by atoms with Crippen molar-refractivity contribution < 1.29 is 27.1 Å². The number of carbonyl (C=O) groups is 2. The van der Waals surface area contributed by atoms with Crippen molar-refractivity contribution in [2.75, 3.05) is 12.9 Å². The summed E-state index contributed by atoms with van der Waals surface area (Å²) in [5.74, 6) is -0.976. The Labute approximate surface area is 142 Å². The maximum atomic E-state index is 13.3.